The maximum absolute atomic E-state index is 12.3. The lowest BCUT2D eigenvalue weighted by atomic mass is 10.2. The Balaban J connectivity index is 1.39. The third-order valence-corrected chi connectivity index (χ3v) is 4.73. The average molecular weight is 429 g/mol. The summed E-state index contributed by atoms with van der Waals surface area (Å²) in [5.41, 5.74) is 3.49. The van der Waals surface area contributed by atoms with Gasteiger partial charge in [-0.3, -0.25) is 4.79 Å². The van der Waals surface area contributed by atoms with Crippen molar-refractivity contribution < 1.29 is 18.8 Å². The van der Waals surface area contributed by atoms with Crippen LogP contribution in [0.3, 0.4) is 0 Å². The number of hydrogen-bond acceptors (Lipinski definition) is 6. The molecule has 0 spiro atoms. The number of carbonyl (C=O) groups excluding carboxylic acids is 1. The molecule has 162 valence electrons. The highest BCUT2D eigenvalue weighted by Crippen LogP contribution is 2.28. The lowest BCUT2D eigenvalue weighted by molar-refractivity contribution is -0.118. The first-order valence-electron chi connectivity index (χ1n) is 10.2. The van der Waals surface area contributed by atoms with Crippen LogP contribution in [0.1, 0.15) is 17.0 Å². The Morgan fingerprint density at radius 2 is 1.62 bits per heavy atom. The first-order valence-corrected chi connectivity index (χ1v) is 10.2. The van der Waals surface area contributed by atoms with Crippen molar-refractivity contribution in [3.05, 3.63) is 89.8 Å². The van der Waals surface area contributed by atoms with E-state index in [2.05, 4.69) is 15.5 Å². The number of anilines is 1. The predicted molar refractivity (Wildman–Crippen MR) is 121 cm³/mol. The maximum Gasteiger partial charge on any atom is 0.264 e. The van der Waals surface area contributed by atoms with Gasteiger partial charge in [0, 0.05) is 5.69 Å². The SMILES string of the molecule is Cc1ccc(NC(=O)COc2ccccc2-c2noc(COc3ccccc3C)n2)cc1. The van der Waals surface area contributed by atoms with Crippen molar-refractivity contribution in [1.29, 1.82) is 0 Å². The zero-order valence-corrected chi connectivity index (χ0v) is 17.9. The van der Waals surface area contributed by atoms with Gasteiger partial charge in [-0.25, -0.2) is 0 Å². The molecular formula is C25H23N3O4. The number of para-hydroxylation sites is 2. The molecule has 7 nitrogen and oxygen atoms in total. The van der Waals surface area contributed by atoms with E-state index in [1.54, 1.807) is 6.07 Å². The Morgan fingerprint density at radius 3 is 2.41 bits per heavy atom. The van der Waals surface area contributed by atoms with Crippen LogP contribution >= 0.6 is 0 Å². The number of hydrogen-bond donors (Lipinski definition) is 1. The lowest BCUT2D eigenvalue weighted by Gasteiger charge is -2.10. The highest BCUT2D eigenvalue weighted by molar-refractivity contribution is 5.92. The molecule has 3 aromatic carbocycles. The van der Waals surface area contributed by atoms with E-state index in [1.165, 1.54) is 0 Å². The van der Waals surface area contributed by atoms with E-state index in [0.29, 0.717) is 28.7 Å². The molecule has 0 fully saturated rings. The van der Waals surface area contributed by atoms with Crippen LogP contribution in [0.2, 0.25) is 0 Å². The molecule has 1 heterocycles. The summed E-state index contributed by atoms with van der Waals surface area (Å²) in [5.74, 6) is 1.69. The van der Waals surface area contributed by atoms with Crippen molar-refractivity contribution in [2.45, 2.75) is 20.5 Å². The number of aromatic nitrogens is 2. The van der Waals surface area contributed by atoms with Gasteiger partial charge in [-0.05, 0) is 49.7 Å². The second-order valence-electron chi connectivity index (χ2n) is 7.26. The van der Waals surface area contributed by atoms with Gasteiger partial charge in [0.05, 0.1) is 5.56 Å². The fourth-order valence-corrected chi connectivity index (χ4v) is 3.04. The van der Waals surface area contributed by atoms with Crippen molar-refractivity contribution in [3.63, 3.8) is 0 Å². The van der Waals surface area contributed by atoms with Crippen LogP contribution in [0, 0.1) is 13.8 Å². The average Bonchev–Trinajstić information content (AvgIpc) is 3.28. The normalized spacial score (nSPS) is 10.6. The number of benzene rings is 3. The molecule has 0 aliphatic rings. The Labute approximate surface area is 186 Å². The summed E-state index contributed by atoms with van der Waals surface area (Å²) < 4.78 is 16.8. The molecule has 0 unspecified atom stereocenters. The minimum atomic E-state index is -0.260. The summed E-state index contributed by atoms with van der Waals surface area (Å²) in [6.07, 6.45) is 0. The smallest absolute Gasteiger partial charge is 0.264 e. The summed E-state index contributed by atoms with van der Waals surface area (Å²) in [6.45, 7) is 3.97. The van der Waals surface area contributed by atoms with Crippen molar-refractivity contribution in [2.75, 3.05) is 11.9 Å². The van der Waals surface area contributed by atoms with Gasteiger partial charge in [-0.1, -0.05) is 53.2 Å². The molecule has 32 heavy (non-hydrogen) atoms. The molecule has 4 rings (SSSR count). The summed E-state index contributed by atoms with van der Waals surface area (Å²) in [7, 11) is 0. The number of rotatable bonds is 8. The third-order valence-electron chi connectivity index (χ3n) is 4.73. The number of aryl methyl sites for hydroxylation is 2. The summed E-state index contributed by atoms with van der Waals surface area (Å²) >= 11 is 0. The van der Waals surface area contributed by atoms with E-state index in [-0.39, 0.29) is 19.1 Å². The van der Waals surface area contributed by atoms with Crippen LogP contribution in [0.15, 0.2) is 77.3 Å². The van der Waals surface area contributed by atoms with Gasteiger partial charge >= 0.3 is 0 Å². The van der Waals surface area contributed by atoms with Gasteiger partial charge in [-0.2, -0.15) is 4.98 Å². The van der Waals surface area contributed by atoms with Gasteiger partial charge in [0.25, 0.3) is 11.8 Å². The van der Waals surface area contributed by atoms with Crippen molar-refractivity contribution in [3.8, 4) is 22.9 Å². The number of amides is 1. The Morgan fingerprint density at radius 1 is 0.906 bits per heavy atom. The summed E-state index contributed by atoms with van der Waals surface area (Å²) in [4.78, 5) is 16.7. The van der Waals surface area contributed by atoms with E-state index in [0.717, 1.165) is 16.9 Å². The molecular weight excluding hydrogens is 406 g/mol. The molecule has 1 amide bonds. The third kappa shape index (κ3) is 5.31. The molecule has 0 atom stereocenters. The minimum Gasteiger partial charge on any atom is -0.483 e. The van der Waals surface area contributed by atoms with Crippen molar-refractivity contribution in [2.24, 2.45) is 0 Å². The molecule has 0 saturated carbocycles. The summed E-state index contributed by atoms with van der Waals surface area (Å²) in [6, 6.07) is 22.5. The van der Waals surface area contributed by atoms with Gasteiger partial charge in [0.15, 0.2) is 13.2 Å². The first kappa shape index (κ1) is 21.1. The fourth-order valence-electron chi connectivity index (χ4n) is 3.04. The van der Waals surface area contributed by atoms with Crippen LogP contribution < -0.4 is 14.8 Å². The molecule has 0 bridgehead atoms. The number of carbonyl (C=O) groups is 1. The van der Waals surface area contributed by atoms with E-state index in [9.17, 15) is 4.79 Å². The van der Waals surface area contributed by atoms with Crippen LogP contribution in [0.25, 0.3) is 11.4 Å². The number of nitrogens with zero attached hydrogens (tertiary/aromatic N) is 2. The topological polar surface area (TPSA) is 86.5 Å². The van der Waals surface area contributed by atoms with E-state index < -0.39 is 0 Å². The zero-order valence-electron chi connectivity index (χ0n) is 17.9. The maximum atomic E-state index is 12.3. The summed E-state index contributed by atoms with van der Waals surface area (Å²) in [5, 5.41) is 6.85. The molecule has 7 heteroatoms. The predicted octanol–water partition coefficient (Wildman–Crippen LogP) is 4.95. The van der Waals surface area contributed by atoms with Gasteiger partial charge < -0.3 is 19.3 Å². The Hall–Kier alpha value is -4.13. The van der Waals surface area contributed by atoms with Gasteiger partial charge in [0.2, 0.25) is 5.82 Å². The molecule has 0 aliphatic heterocycles. The molecule has 0 saturated heterocycles. The second-order valence-corrected chi connectivity index (χ2v) is 7.26. The molecule has 1 N–H and O–H groups in total. The van der Waals surface area contributed by atoms with Crippen molar-refractivity contribution in [1.82, 2.24) is 10.1 Å². The van der Waals surface area contributed by atoms with Gasteiger partial charge in [-0.15, -0.1) is 0 Å². The quantitative estimate of drug-likeness (QED) is 0.426. The molecule has 0 radical (unpaired) electrons. The fraction of sp³-hybridized carbons (Fsp3) is 0.160. The van der Waals surface area contributed by atoms with E-state index >= 15 is 0 Å². The number of ether oxygens (including phenoxy) is 2. The van der Waals surface area contributed by atoms with E-state index in [1.807, 2.05) is 80.6 Å². The Bertz CT molecular complexity index is 1200. The molecule has 1 aromatic heterocycles. The Kier molecular flexibility index (Phi) is 6.46. The lowest BCUT2D eigenvalue weighted by Crippen LogP contribution is -2.20. The van der Waals surface area contributed by atoms with Crippen LogP contribution in [-0.4, -0.2) is 22.7 Å². The van der Waals surface area contributed by atoms with Crippen LogP contribution in [-0.2, 0) is 11.4 Å². The van der Waals surface area contributed by atoms with Crippen LogP contribution in [0.5, 0.6) is 11.5 Å². The highest BCUT2D eigenvalue weighted by Gasteiger charge is 2.15. The monoisotopic (exact) mass is 429 g/mol. The number of nitrogens with one attached hydrogen (secondary N) is 1. The zero-order chi connectivity index (χ0) is 22.3. The highest BCUT2D eigenvalue weighted by atomic mass is 16.5. The first-order chi connectivity index (χ1) is 15.6. The molecule has 4 aromatic rings. The minimum absolute atomic E-state index is 0.147. The molecule has 0 aliphatic carbocycles. The van der Waals surface area contributed by atoms with E-state index in [4.69, 9.17) is 14.0 Å². The van der Waals surface area contributed by atoms with Crippen molar-refractivity contribution >= 4 is 11.6 Å². The van der Waals surface area contributed by atoms with Gasteiger partial charge in [0.1, 0.15) is 11.5 Å². The van der Waals surface area contributed by atoms with Crippen LogP contribution in [0.4, 0.5) is 5.69 Å². The standard InChI is InChI=1S/C25H23N3O4/c1-17-11-13-19(14-12-17)26-23(29)15-30-22-10-6-4-8-20(22)25-27-24(32-28-25)16-31-21-9-5-3-7-18(21)2/h3-14H,15-16H2,1-2H3,(H,26,29). The largest absolute Gasteiger partial charge is 0.483 e. The second kappa shape index (κ2) is 9.78.